The fourth-order valence-corrected chi connectivity index (χ4v) is 56.3. The zero-order valence-corrected chi connectivity index (χ0v) is 19.3. The Balaban J connectivity index is 2.65. The van der Waals surface area contributed by atoms with Gasteiger partial charge in [-0.25, -0.2) is 4.79 Å². The second-order valence-corrected chi connectivity index (χ2v) is 37.2. The molecule has 0 aromatic rings. The minimum absolute atomic E-state index is 0.0514. The van der Waals surface area contributed by atoms with E-state index in [1.807, 2.05) is 6.92 Å². The molecule has 1 saturated heterocycles. The number of rotatable bonds is 5. The van der Waals surface area contributed by atoms with Crippen LogP contribution in [0.4, 0.5) is 0 Å². The predicted molar refractivity (Wildman–Crippen MR) is 95.6 cm³/mol. The minimum Gasteiger partial charge on any atom is -0.516 e. The maximum atomic E-state index is 12.2. The third-order valence-corrected chi connectivity index (χ3v) is 43.7. The Hall–Kier alpha value is 0.254. The summed E-state index contributed by atoms with van der Waals surface area (Å²) in [6, 6.07) is 1.05. The van der Waals surface area contributed by atoms with Gasteiger partial charge in [0, 0.05) is 28.9 Å². The molecule has 3 nitrogen and oxygen atoms in total. The molecule has 0 N–H and O–H groups in total. The molecule has 0 saturated carbocycles. The van der Waals surface area contributed by atoms with E-state index < -0.39 is 15.9 Å². The molecular weight excluding hydrogens is 321 g/mol. The van der Waals surface area contributed by atoms with Gasteiger partial charge in [-0.15, -0.1) is 0 Å². The number of hydrogen-bond donors (Lipinski definition) is 0. The first-order chi connectivity index (χ1) is 8.78. The standard InChI is InChI=1S/C11H28O3Si5/c1-6-7-18(3,4)14-11(12)10(2)8-19(5)9-13-15-16-17-19/h8H,6-7,9,15-17H2,1-5H3. The largest absolute Gasteiger partial charge is 0.516 e. The zero-order valence-electron chi connectivity index (χ0n) is 13.0. The van der Waals surface area contributed by atoms with Crippen LogP contribution < -0.4 is 0 Å². The van der Waals surface area contributed by atoms with Crippen LogP contribution >= 0.6 is 0 Å². The molecule has 0 radical (unpaired) electrons. The van der Waals surface area contributed by atoms with Crippen LogP contribution in [-0.4, -0.2) is 54.5 Å². The first-order valence-corrected chi connectivity index (χ1v) is 24.1. The van der Waals surface area contributed by atoms with E-state index in [0.29, 0.717) is 0 Å². The first-order valence-electron chi connectivity index (χ1n) is 7.28. The van der Waals surface area contributed by atoms with Crippen LogP contribution in [0.25, 0.3) is 0 Å². The molecule has 1 aliphatic rings. The van der Waals surface area contributed by atoms with Crippen LogP contribution in [0.15, 0.2) is 11.3 Å². The van der Waals surface area contributed by atoms with Gasteiger partial charge in [0.1, 0.15) is 9.28 Å². The van der Waals surface area contributed by atoms with Crippen molar-refractivity contribution in [2.45, 2.75) is 46.0 Å². The molecule has 0 aromatic carbocycles. The second-order valence-electron chi connectivity index (χ2n) is 6.54. The van der Waals surface area contributed by atoms with Gasteiger partial charge in [-0.2, -0.15) is 0 Å². The monoisotopic (exact) mass is 348 g/mol. The van der Waals surface area contributed by atoms with Crippen LogP contribution in [0.1, 0.15) is 20.3 Å². The fourth-order valence-electron chi connectivity index (χ4n) is 2.64. The number of hydrogen-bond acceptors (Lipinski definition) is 3. The lowest BCUT2D eigenvalue weighted by molar-refractivity contribution is -0.130. The Morgan fingerprint density at radius 2 is 2.21 bits per heavy atom. The van der Waals surface area contributed by atoms with E-state index in [0.717, 1.165) is 24.3 Å². The molecule has 1 rings (SSSR count). The average molecular weight is 349 g/mol. The summed E-state index contributed by atoms with van der Waals surface area (Å²) in [7, 11) is -2.77. The van der Waals surface area contributed by atoms with Crippen LogP contribution in [0, 0.1) is 0 Å². The summed E-state index contributed by atoms with van der Waals surface area (Å²) in [6.45, 7) is 10.8. The first kappa shape index (κ1) is 17.3. The van der Waals surface area contributed by atoms with E-state index in [1.54, 1.807) is 0 Å². The van der Waals surface area contributed by atoms with Gasteiger partial charge in [0.25, 0.3) is 0 Å². The van der Waals surface area contributed by atoms with Gasteiger partial charge < -0.3 is 8.85 Å². The van der Waals surface area contributed by atoms with Crippen LogP contribution in [0.5, 0.6) is 0 Å². The van der Waals surface area contributed by atoms with Crippen molar-refractivity contribution in [3.05, 3.63) is 11.3 Å². The molecule has 1 aliphatic heterocycles. The Morgan fingerprint density at radius 3 is 2.74 bits per heavy atom. The Bertz CT molecular complexity index is 350. The van der Waals surface area contributed by atoms with Gasteiger partial charge in [0.15, 0.2) is 0 Å². The van der Waals surface area contributed by atoms with Crippen molar-refractivity contribution in [2.75, 3.05) is 6.23 Å². The Labute approximate surface area is 125 Å². The van der Waals surface area contributed by atoms with Gasteiger partial charge >= 0.3 is 5.97 Å². The van der Waals surface area contributed by atoms with E-state index in [-0.39, 0.29) is 32.4 Å². The van der Waals surface area contributed by atoms with Gasteiger partial charge in [-0.1, -0.05) is 25.6 Å². The fraction of sp³-hybridized carbons (Fsp3) is 0.727. The molecule has 19 heavy (non-hydrogen) atoms. The van der Waals surface area contributed by atoms with E-state index in [1.165, 1.54) is 0 Å². The highest BCUT2D eigenvalue weighted by atomic mass is 29.7. The topological polar surface area (TPSA) is 35.5 Å². The van der Waals surface area contributed by atoms with Crippen LogP contribution in [0.2, 0.25) is 25.7 Å². The second kappa shape index (κ2) is 7.32. The van der Waals surface area contributed by atoms with Crippen molar-refractivity contribution in [3.63, 3.8) is 0 Å². The smallest absolute Gasteiger partial charge is 0.319 e. The lowest BCUT2D eigenvalue weighted by atomic mass is 10.4. The van der Waals surface area contributed by atoms with E-state index >= 15 is 0 Å². The molecule has 1 unspecified atom stereocenters. The summed E-state index contributed by atoms with van der Waals surface area (Å²) >= 11 is 0. The molecule has 0 bridgehead atoms. The Kier molecular flexibility index (Phi) is 6.66. The molecule has 1 fully saturated rings. The molecule has 1 atom stereocenters. The van der Waals surface area contributed by atoms with E-state index in [4.69, 9.17) is 8.85 Å². The number of carbonyl (C=O) groups is 1. The van der Waals surface area contributed by atoms with Crippen molar-refractivity contribution in [3.8, 4) is 0 Å². The summed E-state index contributed by atoms with van der Waals surface area (Å²) in [4.78, 5) is 12.2. The third-order valence-electron chi connectivity index (χ3n) is 3.58. The normalized spacial score (nSPS) is 29.0. The van der Waals surface area contributed by atoms with E-state index in [9.17, 15) is 4.79 Å². The summed E-state index contributed by atoms with van der Waals surface area (Å²) in [6.07, 6.45) is 2.09. The maximum absolute atomic E-state index is 12.2. The van der Waals surface area contributed by atoms with Gasteiger partial charge in [0.2, 0.25) is 8.32 Å². The van der Waals surface area contributed by atoms with Crippen LogP contribution in [-0.2, 0) is 13.6 Å². The summed E-state index contributed by atoms with van der Waals surface area (Å²) in [5.41, 5.74) is 3.16. The highest BCUT2D eigenvalue weighted by Gasteiger charge is 2.31. The molecule has 8 heteroatoms. The molecular formula is C11H28O3Si5. The van der Waals surface area contributed by atoms with Gasteiger partial charge in [-0.05, 0) is 26.1 Å². The highest BCUT2D eigenvalue weighted by Crippen LogP contribution is 2.17. The van der Waals surface area contributed by atoms with Crippen molar-refractivity contribution in [1.29, 1.82) is 0 Å². The summed E-state index contributed by atoms with van der Waals surface area (Å²) in [5.74, 6) is -0.0580. The molecule has 1 heterocycles. The molecule has 110 valence electrons. The molecule has 0 amide bonds. The third kappa shape index (κ3) is 6.04. The van der Waals surface area contributed by atoms with Gasteiger partial charge in [-0.3, -0.25) is 0 Å². The predicted octanol–water partition coefficient (Wildman–Crippen LogP) is 0.0263. The number of carbonyl (C=O) groups excluding carboxylic acids is 1. The van der Waals surface area contributed by atoms with Crippen molar-refractivity contribution in [1.82, 2.24) is 0 Å². The average Bonchev–Trinajstić information content (AvgIpc) is 2.28. The highest BCUT2D eigenvalue weighted by molar-refractivity contribution is 7.54. The minimum atomic E-state index is -1.80. The summed E-state index contributed by atoms with van der Waals surface area (Å²) in [5, 5.41) is 0. The SMILES string of the molecule is CCC[Si](C)(C)OC(=O)C(C)=C[Si]1(C)CO[SiH2][SiH2][SiH2]1. The lowest BCUT2D eigenvalue weighted by Gasteiger charge is -2.29. The van der Waals surface area contributed by atoms with E-state index in [2.05, 4.69) is 32.3 Å². The molecule has 0 aliphatic carbocycles. The summed E-state index contributed by atoms with van der Waals surface area (Å²) < 4.78 is 11.6. The van der Waals surface area contributed by atoms with Gasteiger partial charge in [0.05, 0.1) is 7.59 Å². The quantitative estimate of drug-likeness (QED) is 0.519. The zero-order chi connectivity index (χ0) is 14.5. The van der Waals surface area contributed by atoms with Crippen molar-refractivity contribution in [2.24, 2.45) is 0 Å². The molecule has 0 spiro atoms. The lowest BCUT2D eigenvalue weighted by Crippen LogP contribution is -2.52. The molecule has 0 aromatic heterocycles. The van der Waals surface area contributed by atoms with Crippen LogP contribution in [0.3, 0.4) is 0 Å². The maximum Gasteiger partial charge on any atom is 0.319 e. The van der Waals surface area contributed by atoms with Crippen molar-refractivity contribution < 1.29 is 13.6 Å². The Morgan fingerprint density at radius 1 is 1.53 bits per heavy atom. The van der Waals surface area contributed by atoms with Crippen molar-refractivity contribution >= 4 is 48.3 Å².